The van der Waals surface area contributed by atoms with E-state index in [-0.39, 0.29) is 12.1 Å². The normalized spacial score (nSPS) is 13.8. The maximum atomic E-state index is 6.24. The molecular weight excluding hydrogens is 270 g/mol. The molecule has 0 bridgehead atoms. The first-order chi connectivity index (χ1) is 9.49. The lowest BCUT2D eigenvalue weighted by atomic mass is 9.99. The largest absolute Gasteiger partial charge is 0.483 e. The van der Waals surface area contributed by atoms with Gasteiger partial charge in [0.25, 0.3) is 0 Å². The molecule has 2 nitrogen and oxygen atoms in total. The molecule has 0 fully saturated rings. The molecule has 0 aliphatic carbocycles. The lowest BCUT2D eigenvalue weighted by Gasteiger charge is -2.25. The number of benzene rings is 2. The molecule has 0 amide bonds. The Labute approximate surface area is 125 Å². The number of hydrogen-bond donors (Lipinski definition) is 1. The summed E-state index contributed by atoms with van der Waals surface area (Å²) >= 11 is 6.24. The summed E-state index contributed by atoms with van der Waals surface area (Å²) in [5.41, 5.74) is 9.47. The first kappa shape index (κ1) is 14.9. The molecule has 2 atom stereocenters. The van der Waals surface area contributed by atoms with Gasteiger partial charge in [0.1, 0.15) is 11.9 Å². The Morgan fingerprint density at radius 2 is 1.80 bits per heavy atom. The number of nitrogens with two attached hydrogens (primary N) is 1. The molecule has 2 unspecified atom stereocenters. The molecule has 20 heavy (non-hydrogen) atoms. The summed E-state index contributed by atoms with van der Waals surface area (Å²) in [7, 11) is 0. The van der Waals surface area contributed by atoms with E-state index in [1.165, 1.54) is 0 Å². The number of ether oxygens (including phenoxy) is 1. The van der Waals surface area contributed by atoms with Gasteiger partial charge in [0.2, 0.25) is 0 Å². The number of rotatable bonds is 4. The van der Waals surface area contributed by atoms with Crippen LogP contribution in [-0.2, 0) is 0 Å². The molecular formula is C17H20ClNO. The molecule has 2 N–H and O–H groups in total. The topological polar surface area (TPSA) is 35.2 Å². The molecule has 2 rings (SSSR count). The van der Waals surface area contributed by atoms with Crippen molar-refractivity contribution in [2.24, 2.45) is 5.73 Å². The van der Waals surface area contributed by atoms with Gasteiger partial charge in [0, 0.05) is 6.04 Å². The van der Waals surface area contributed by atoms with Crippen LogP contribution in [0.1, 0.15) is 29.7 Å². The van der Waals surface area contributed by atoms with Crippen LogP contribution in [0, 0.1) is 13.8 Å². The summed E-state index contributed by atoms with van der Waals surface area (Å²) in [6, 6.07) is 13.8. The third kappa shape index (κ3) is 3.33. The van der Waals surface area contributed by atoms with Crippen LogP contribution in [0.25, 0.3) is 0 Å². The molecule has 2 aromatic rings. The van der Waals surface area contributed by atoms with Gasteiger partial charge in [0.15, 0.2) is 0 Å². The third-order valence-corrected chi connectivity index (χ3v) is 3.61. The zero-order valence-corrected chi connectivity index (χ0v) is 12.8. The van der Waals surface area contributed by atoms with E-state index < -0.39 is 0 Å². The van der Waals surface area contributed by atoms with Crippen molar-refractivity contribution in [1.82, 2.24) is 0 Å². The second kappa shape index (κ2) is 6.29. The Morgan fingerprint density at radius 1 is 1.10 bits per heavy atom. The fourth-order valence-corrected chi connectivity index (χ4v) is 2.48. The van der Waals surface area contributed by atoms with E-state index in [9.17, 15) is 0 Å². The van der Waals surface area contributed by atoms with Gasteiger partial charge >= 0.3 is 0 Å². The molecule has 0 aliphatic rings. The highest BCUT2D eigenvalue weighted by Gasteiger charge is 2.20. The van der Waals surface area contributed by atoms with Crippen molar-refractivity contribution in [1.29, 1.82) is 0 Å². The van der Waals surface area contributed by atoms with Gasteiger partial charge in [-0.3, -0.25) is 0 Å². The molecule has 2 aromatic carbocycles. The maximum Gasteiger partial charge on any atom is 0.139 e. The fourth-order valence-electron chi connectivity index (χ4n) is 2.20. The maximum absolute atomic E-state index is 6.24. The summed E-state index contributed by atoms with van der Waals surface area (Å²) in [6.45, 7) is 6.00. The Morgan fingerprint density at radius 3 is 2.40 bits per heavy atom. The first-order valence-corrected chi connectivity index (χ1v) is 7.10. The first-order valence-electron chi connectivity index (χ1n) is 6.73. The quantitative estimate of drug-likeness (QED) is 0.904. The molecule has 0 heterocycles. The Kier molecular flexibility index (Phi) is 4.69. The summed E-state index contributed by atoms with van der Waals surface area (Å²) < 4.78 is 6.07. The average Bonchev–Trinajstić information content (AvgIpc) is 2.39. The molecule has 0 radical (unpaired) electrons. The molecule has 0 aliphatic heterocycles. The Bertz CT molecular complexity index is 595. The Balaban J connectivity index is 2.33. The van der Waals surface area contributed by atoms with Crippen molar-refractivity contribution < 1.29 is 4.74 Å². The molecule has 106 valence electrons. The van der Waals surface area contributed by atoms with E-state index >= 15 is 0 Å². The van der Waals surface area contributed by atoms with Crippen LogP contribution in [0.4, 0.5) is 0 Å². The number of hydrogen-bond acceptors (Lipinski definition) is 2. The predicted molar refractivity (Wildman–Crippen MR) is 84.4 cm³/mol. The molecule has 3 heteroatoms. The van der Waals surface area contributed by atoms with E-state index in [0.717, 1.165) is 16.7 Å². The van der Waals surface area contributed by atoms with Crippen molar-refractivity contribution in [3.63, 3.8) is 0 Å². The third-order valence-electron chi connectivity index (χ3n) is 3.31. The summed E-state index contributed by atoms with van der Waals surface area (Å²) in [6.07, 6.45) is -0.212. The smallest absolute Gasteiger partial charge is 0.139 e. The van der Waals surface area contributed by atoms with Crippen molar-refractivity contribution >= 4 is 11.6 Å². The van der Waals surface area contributed by atoms with Crippen molar-refractivity contribution in [3.8, 4) is 5.75 Å². The summed E-state index contributed by atoms with van der Waals surface area (Å²) in [5.74, 6) is 0.669. The van der Waals surface area contributed by atoms with Crippen LogP contribution in [0.15, 0.2) is 42.5 Å². The van der Waals surface area contributed by atoms with E-state index in [1.807, 2.05) is 50.2 Å². The zero-order valence-electron chi connectivity index (χ0n) is 12.1. The van der Waals surface area contributed by atoms with Crippen molar-refractivity contribution in [2.45, 2.75) is 32.9 Å². The van der Waals surface area contributed by atoms with Gasteiger partial charge in [-0.05, 0) is 49.6 Å². The highest BCUT2D eigenvalue weighted by Crippen LogP contribution is 2.32. The highest BCUT2D eigenvalue weighted by molar-refractivity contribution is 6.32. The summed E-state index contributed by atoms with van der Waals surface area (Å²) in [4.78, 5) is 0. The van der Waals surface area contributed by atoms with E-state index in [0.29, 0.717) is 10.8 Å². The molecule has 0 aromatic heterocycles. The minimum Gasteiger partial charge on any atom is -0.483 e. The van der Waals surface area contributed by atoms with Crippen LogP contribution in [0.3, 0.4) is 0 Å². The van der Waals surface area contributed by atoms with Gasteiger partial charge in [-0.2, -0.15) is 0 Å². The molecule has 0 spiro atoms. The van der Waals surface area contributed by atoms with Crippen LogP contribution >= 0.6 is 11.6 Å². The van der Waals surface area contributed by atoms with E-state index in [2.05, 4.69) is 13.0 Å². The number of halogens is 1. The van der Waals surface area contributed by atoms with Crippen LogP contribution in [-0.4, -0.2) is 6.04 Å². The molecule has 0 saturated heterocycles. The van der Waals surface area contributed by atoms with Gasteiger partial charge in [-0.25, -0.2) is 0 Å². The standard InChI is InChI=1S/C17H20ClNO/c1-11-8-9-16(15(18)10-11)20-17(13(3)19)14-7-5-4-6-12(14)2/h4-10,13,17H,19H2,1-3H3. The average molecular weight is 290 g/mol. The second-order valence-electron chi connectivity index (χ2n) is 5.19. The minimum atomic E-state index is -0.212. The van der Waals surface area contributed by atoms with Crippen molar-refractivity contribution in [2.75, 3.05) is 0 Å². The van der Waals surface area contributed by atoms with Crippen LogP contribution < -0.4 is 10.5 Å². The minimum absolute atomic E-state index is 0.131. The highest BCUT2D eigenvalue weighted by atomic mass is 35.5. The summed E-state index contributed by atoms with van der Waals surface area (Å²) in [5, 5.41) is 0.615. The fraction of sp³-hybridized carbons (Fsp3) is 0.294. The SMILES string of the molecule is Cc1ccc(OC(c2ccccc2C)C(C)N)c(Cl)c1. The van der Waals surface area contributed by atoms with Gasteiger partial charge < -0.3 is 10.5 Å². The van der Waals surface area contributed by atoms with E-state index in [4.69, 9.17) is 22.1 Å². The second-order valence-corrected chi connectivity index (χ2v) is 5.60. The van der Waals surface area contributed by atoms with Crippen LogP contribution in [0.5, 0.6) is 5.75 Å². The van der Waals surface area contributed by atoms with Gasteiger partial charge in [0.05, 0.1) is 5.02 Å². The zero-order chi connectivity index (χ0) is 14.7. The lowest BCUT2D eigenvalue weighted by Crippen LogP contribution is -2.29. The van der Waals surface area contributed by atoms with Crippen molar-refractivity contribution in [3.05, 3.63) is 64.2 Å². The predicted octanol–water partition coefficient (Wildman–Crippen LogP) is 4.42. The van der Waals surface area contributed by atoms with E-state index in [1.54, 1.807) is 0 Å². The monoisotopic (exact) mass is 289 g/mol. The molecule has 0 saturated carbocycles. The van der Waals surface area contributed by atoms with Gasteiger partial charge in [-0.15, -0.1) is 0 Å². The van der Waals surface area contributed by atoms with Gasteiger partial charge in [-0.1, -0.05) is 41.9 Å². The number of aryl methyl sites for hydroxylation is 2. The van der Waals surface area contributed by atoms with Crippen LogP contribution in [0.2, 0.25) is 5.02 Å². The Hall–Kier alpha value is -1.51. The lowest BCUT2D eigenvalue weighted by molar-refractivity contribution is 0.180.